The summed E-state index contributed by atoms with van der Waals surface area (Å²) in [6, 6.07) is 26.0. The van der Waals surface area contributed by atoms with Gasteiger partial charge in [0, 0.05) is 42.6 Å². The lowest BCUT2D eigenvalue weighted by Gasteiger charge is -2.29. The van der Waals surface area contributed by atoms with Crippen LogP contribution in [0.15, 0.2) is 84.0 Å². The van der Waals surface area contributed by atoms with Gasteiger partial charge in [-0.1, -0.05) is 84.6 Å². The number of nitrogens with zero attached hydrogens (tertiary/aromatic N) is 4. The van der Waals surface area contributed by atoms with Gasteiger partial charge in [-0.3, -0.25) is 9.69 Å². The number of ketones is 1. The number of carbonyl (C=O) groups excluding carboxylic acids is 1. The summed E-state index contributed by atoms with van der Waals surface area (Å²) in [5.74, 6) is 2.04. The Morgan fingerprint density at radius 2 is 1.66 bits per heavy atom. The van der Waals surface area contributed by atoms with Crippen LogP contribution in [0.2, 0.25) is 0 Å². The van der Waals surface area contributed by atoms with Crippen LogP contribution in [-0.4, -0.2) is 44.3 Å². The fourth-order valence-electron chi connectivity index (χ4n) is 4.58. The molecule has 0 radical (unpaired) electrons. The predicted octanol–water partition coefficient (Wildman–Crippen LogP) is 5.64. The highest BCUT2D eigenvalue weighted by Crippen LogP contribution is 2.25. The van der Waals surface area contributed by atoms with E-state index in [1.54, 1.807) is 11.8 Å². The van der Waals surface area contributed by atoms with Crippen LogP contribution < -0.4 is 0 Å². The third-order valence-electron chi connectivity index (χ3n) is 6.56. The Kier molecular flexibility index (Phi) is 7.40. The Hall–Kier alpha value is -3.22. The molecule has 1 aliphatic heterocycles. The molecule has 6 heteroatoms. The molecule has 4 aromatic rings. The van der Waals surface area contributed by atoms with E-state index in [9.17, 15) is 4.79 Å². The molecular formula is C29H30N4OS. The molecule has 3 aromatic carbocycles. The summed E-state index contributed by atoms with van der Waals surface area (Å²) in [6.07, 6.45) is 3.33. The van der Waals surface area contributed by atoms with Crippen LogP contribution in [0, 0.1) is 0 Å². The Labute approximate surface area is 211 Å². The number of unbranched alkanes of at least 4 members (excludes halogenated alkanes) is 1. The van der Waals surface area contributed by atoms with Crippen molar-refractivity contribution < 1.29 is 4.79 Å². The first-order valence-electron chi connectivity index (χ1n) is 12.2. The molecule has 2 heterocycles. The van der Waals surface area contributed by atoms with Gasteiger partial charge in [-0.05, 0) is 43.0 Å². The van der Waals surface area contributed by atoms with E-state index < -0.39 is 0 Å². The van der Waals surface area contributed by atoms with Crippen molar-refractivity contribution in [3.63, 3.8) is 0 Å². The number of rotatable bonds is 9. The highest BCUT2D eigenvalue weighted by Gasteiger charge is 2.18. The predicted molar refractivity (Wildman–Crippen MR) is 142 cm³/mol. The van der Waals surface area contributed by atoms with Crippen molar-refractivity contribution in [2.45, 2.75) is 31.0 Å². The molecular weight excluding hydrogens is 452 g/mol. The number of carbonyl (C=O) groups is 1. The van der Waals surface area contributed by atoms with Crippen LogP contribution in [-0.2, 0) is 20.0 Å². The number of thioether (sulfide) groups is 1. The molecule has 35 heavy (non-hydrogen) atoms. The minimum atomic E-state index is 0.0988. The maximum Gasteiger partial charge on any atom is 0.193 e. The lowest BCUT2D eigenvalue weighted by atomic mass is 9.94. The molecule has 0 saturated heterocycles. The number of aromatic nitrogens is 3. The third-order valence-corrected chi connectivity index (χ3v) is 7.67. The number of hydrogen-bond donors (Lipinski definition) is 0. The van der Waals surface area contributed by atoms with Crippen molar-refractivity contribution in [1.82, 2.24) is 19.7 Å². The molecule has 0 aliphatic carbocycles. The third kappa shape index (κ3) is 5.55. The molecule has 0 N–H and O–H groups in total. The van der Waals surface area contributed by atoms with E-state index in [4.69, 9.17) is 0 Å². The molecule has 1 aromatic heterocycles. The lowest BCUT2D eigenvalue weighted by molar-refractivity contribution is 0.103. The minimum Gasteiger partial charge on any atom is -0.305 e. The van der Waals surface area contributed by atoms with Gasteiger partial charge in [0.25, 0.3) is 0 Å². The normalized spacial score (nSPS) is 13.5. The Bertz CT molecular complexity index is 1290. The quantitative estimate of drug-likeness (QED) is 0.175. The van der Waals surface area contributed by atoms with Crippen LogP contribution in [0.25, 0.3) is 11.4 Å². The van der Waals surface area contributed by atoms with Gasteiger partial charge < -0.3 is 4.57 Å². The molecule has 1 aliphatic rings. The van der Waals surface area contributed by atoms with E-state index in [-0.39, 0.29) is 5.78 Å². The van der Waals surface area contributed by atoms with Gasteiger partial charge in [0.2, 0.25) is 0 Å². The second-order valence-corrected chi connectivity index (χ2v) is 10.1. The van der Waals surface area contributed by atoms with E-state index in [0.717, 1.165) is 72.3 Å². The molecule has 5 rings (SSSR count). The van der Waals surface area contributed by atoms with Gasteiger partial charge in [-0.25, -0.2) is 0 Å². The zero-order chi connectivity index (χ0) is 24.0. The van der Waals surface area contributed by atoms with E-state index in [1.807, 2.05) is 61.6 Å². The van der Waals surface area contributed by atoms with Crippen molar-refractivity contribution in [3.05, 3.63) is 101 Å². The zero-order valence-electron chi connectivity index (χ0n) is 20.1. The molecule has 0 unspecified atom stereocenters. The summed E-state index contributed by atoms with van der Waals surface area (Å²) >= 11 is 1.77. The second kappa shape index (κ2) is 11.0. The average Bonchev–Trinajstić information content (AvgIpc) is 3.28. The Morgan fingerprint density at radius 1 is 0.886 bits per heavy atom. The molecule has 178 valence electrons. The van der Waals surface area contributed by atoms with Gasteiger partial charge >= 0.3 is 0 Å². The van der Waals surface area contributed by atoms with E-state index in [2.05, 4.69) is 43.9 Å². The fourth-order valence-corrected chi connectivity index (χ4v) is 5.49. The first-order chi connectivity index (χ1) is 17.2. The smallest absolute Gasteiger partial charge is 0.193 e. The summed E-state index contributed by atoms with van der Waals surface area (Å²) in [5.41, 5.74) is 5.29. The van der Waals surface area contributed by atoms with Gasteiger partial charge in [0.1, 0.15) is 0 Å². The SMILES string of the molecule is Cn1c(SCCCCN2CCc3ccc(C(=O)c4ccccc4)cc3C2)nnc1-c1ccccc1. The van der Waals surface area contributed by atoms with Gasteiger partial charge in [0.15, 0.2) is 16.8 Å². The summed E-state index contributed by atoms with van der Waals surface area (Å²) in [7, 11) is 2.03. The molecule has 0 amide bonds. The van der Waals surface area contributed by atoms with Crippen LogP contribution in [0.5, 0.6) is 0 Å². The molecule has 0 fully saturated rings. The van der Waals surface area contributed by atoms with Crippen molar-refractivity contribution >= 4 is 17.5 Å². The highest BCUT2D eigenvalue weighted by molar-refractivity contribution is 7.99. The van der Waals surface area contributed by atoms with Crippen molar-refractivity contribution in [3.8, 4) is 11.4 Å². The Morgan fingerprint density at radius 3 is 2.46 bits per heavy atom. The summed E-state index contributed by atoms with van der Waals surface area (Å²) in [6.45, 7) is 3.07. The van der Waals surface area contributed by atoms with E-state index in [0.29, 0.717) is 0 Å². The highest BCUT2D eigenvalue weighted by atomic mass is 32.2. The number of fused-ring (bicyclic) bond motifs is 1. The topological polar surface area (TPSA) is 51.0 Å². The number of benzene rings is 3. The summed E-state index contributed by atoms with van der Waals surface area (Å²) in [4.78, 5) is 15.4. The lowest BCUT2D eigenvalue weighted by Crippen LogP contribution is -2.31. The van der Waals surface area contributed by atoms with Gasteiger partial charge in [0.05, 0.1) is 0 Å². The van der Waals surface area contributed by atoms with Crippen LogP contribution >= 0.6 is 11.8 Å². The van der Waals surface area contributed by atoms with Crippen molar-refractivity contribution in [1.29, 1.82) is 0 Å². The maximum absolute atomic E-state index is 12.9. The first-order valence-corrected chi connectivity index (χ1v) is 13.2. The van der Waals surface area contributed by atoms with Gasteiger partial charge in [-0.2, -0.15) is 0 Å². The Balaban J connectivity index is 1.11. The van der Waals surface area contributed by atoms with Crippen LogP contribution in [0.4, 0.5) is 0 Å². The molecule has 0 spiro atoms. The van der Waals surface area contributed by atoms with E-state index in [1.165, 1.54) is 11.1 Å². The monoisotopic (exact) mass is 482 g/mol. The van der Waals surface area contributed by atoms with E-state index >= 15 is 0 Å². The molecule has 0 atom stereocenters. The fraction of sp³-hybridized carbons (Fsp3) is 0.276. The average molecular weight is 483 g/mol. The van der Waals surface area contributed by atoms with Crippen molar-refractivity contribution in [2.75, 3.05) is 18.8 Å². The minimum absolute atomic E-state index is 0.0988. The molecule has 0 bridgehead atoms. The first kappa shape index (κ1) is 23.5. The zero-order valence-corrected chi connectivity index (χ0v) is 20.9. The van der Waals surface area contributed by atoms with Crippen LogP contribution in [0.1, 0.15) is 39.9 Å². The second-order valence-electron chi connectivity index (χ2n) is 8.99. The molecule has 0 saturated carbocycles. The number of hydrogen-bond acceptors (Lipinski definition) is 5. The largest absolute Gasteiger partial charge is 0.305 e. The van der Waals surface area contributed by atoms with Crippen molar-refractivity contribution in [2.24, 2.45) is 7.05 Å². The van der Waals surface area contributed by atoms with Gasteiger partial charge in [-0.15, -0.1) is 10.2 Å². The standard InChI is InChI=1S/C29H30N4OS/c1-32-28(24-12-6-3-7-13-24)30-31-29(32)35-19-9-8-17-33-18-16-22-14-15-25(20-26(22)21-33)27(34)23-10-4-2-5-11-23/h2-7,10-15,20H,8-9,16-19,21H2,1H3. The summed E-state index contributed by atoms with van der Waals surface area (Å²) < 4.78 is 2.08. The maximum atomic E-state index is 12.9. The molecule has 5 nitrogen and oxygen atoms in total. The van der Waals surface area contributed by atoms with Crippen LogP contribution in [0.3, 0.4) is 0 Å². The summed E-state index contributed by atoms with van der Waals surface area (Å²) in [5, 5.41) is 9.73.